The molecule has 1 aromatic rings. The number of hydrogen-bond donors (Lipinski definition) is 0. The van der Waals surface area contributed by atoms with Crippen LogP contribution in [-0.2, 0) is 4.74 Å². The largest absolute Gasteiger partial charge is 0.377 e. The predicted molar refractivity (Wildman–Crippen MR) is 83.3 cm³/mol. The van der Waals surface area contributed by atoms with Crippen molar-refractivity contribution >= 4 is 17.3 Å². The Kier molecular flexibility index (Phi) is 4.65. The van der Waals surface area contributed by atoms with Gasteiger partial charge in [-0.2, -0.15) is 0 Å². The van der Waals surface area contributed by atoms with E-state index >= 15 is 0 Å². The molecule has 0 aliphatic carbocycles. The summed E-state index contributed by atoms with van der Waals surface area (Å²) in [5.74, 6) is -0.200. The number of morpholine rings is 1. The topological polar surface area (TPSA) is 75.9 Å². The first kappa shape index (κ1) is 16.2. The molecule has 1 aromatic carbocycles. The normalized spacial score (nSPS) is 21.5. The van der Waals surface area contributed by atoms with Crippen LogP contribution in [0.1, 0.15) is 24.2 Å². The summed E-state index contributed by atoms with van der Waals surface area (Å²) >= 11 is 0. The zero-order chi connectivity index (χ0) is 16.4. The van der Waals surface area contributed by atoms with E-state index in [9.17, 15) is 14.9 Å². The van der Waals surface area contributed by atoms with Crippen LogP contribution in [0.2, 0.25) is 0 Å². The molecule has 2 unspecified atom stereocenters. The maximum atomic E-state index is 12.8. The predicted octanol–water partition coefficient (Wildman–Crippen LogP) is 1.91. The molecule has 0 aromatic heterocycles. The van der Waals surface area contributed by atoms with Gasteiger partial charge < -0.3 is 14.5 Å². The maximum absolute atomic E-state index is 12.8. The molecule has 2 rings (SSSR count). The lowest BCUT2D eigenvalue weighted by Crippen LogP contribution is -2.48. The molecule has 1 aliphatic heterocycles. The molecule has 0 N–H and O–H groups in total. The third-order valence-corrected chi connectivity index (χ3v) is 3.61. The molecule has 120 valence electrons. The lowest BCUT2D eigenvalue weighted by molar-refractivity contribution is -0.384. The molecule has 0 saturated carbocycles. The number of anilines is 1. The quantitative estimate of drug-likeness (QED) is 0.630. The molecule has 2 atom stereocenters. The molecule has 22 heavy (non-hydrogen) atoms. The fourth-order valence-corrected chi connectivity index (χ4v) is 2.71. The third-order valence-electron chi connectivity index (χ3n) is 3.61. The highest BCUT2D eigenvalue weighted by molar-refractivity contribution is 6.00. The molecule has 7 nitrogen and oxygen atoms in total. The van der Waals surface area contributed by atoms with Gasteiger partial charge in [0, 0.05) is 45.0 Å². The monoisotopic (exact) mass is 307 g/mol. The molecular formula is C15H21N3O4. The Balaban J connectivity index is 2.38. The molecule has 1 saturated heterocycles. The maximum Gasteiger partial charge on any atom is 0.270 e. The van der Waals surface area contributed by atoms with Gasteiger partial charge in [0.15, 0.2) is 0 Å². The first-order valence-electron chi connectivity index (χ1n) is 7.20. The second kappa shape index (κ2) is 6.31. The van der Waals surface area contributed by atoms with Gasteiger partial charge in [0.25, 0.3) is 11.6 Å². The fourth-order valence-electron chi connectivity index (χ4n) is 2.71. The molecule has 1 heterocycles. The Morgan fingerprint density at radius 3 is 2.41 bits per heavy atom. The van der Waals surface area contributed by atoms with Gasteiger partial charge in [-0.05, 0) is 19.9 Å². The zero-order valence-corrected chi connectivity index (χ0v) is 13.3. The summed E-state index contributed by atoms with van der Waals surface area (Å²) in [6, 6.07) is 4.37. The Morgan fingerprint density at radius 2 is 1.91 bits per heavy atom. The van der Waals surface area contributed by atoms with Gasteiger partial charge in [-0.3, -0.25) is 14.9 Å². The summed E-state index contributed by atoms with van der Waals surface area (Å²) in [5.41, 5.74) is 0.936. The van der Waals surface area contributed by atoms with E-state index in [2.05, 4.69) is 0 Å². The Labute approximate surface area is 129 Å². The van der Waals surface area contributed by atoms with Crippen molar-refractivity contribution in [1.29, 1.82) is 0 Å². The van der Waals surface area contributed by atoms with Crippen LogP contribution in [-0.4, -0.2) is 55.1 Å². The van der Waals surface area contributed by atoms with Crippen LogP contribution in [0.15, 0.2) is 18.2 Å². The number of rotatable bonds is 3. The fraction of sp³-hybridized carbons (Fsp3) is 0.533. The van der Waals surface area contributed by atoms with Crippen LogP contribution >= 0.6 is 0 Å². The second-order valence-electron chi connectivity index (χ2n) is 5.82. The summed E-state index contributed by atoms with van der Waals surface area (Å²) in [6.07, 6.45) is -0.0941. The van der Waals surface area contributed by atoms with Gasteiger partial charge in [-0.1, -0.05) is 0 Å². The van der Waals surface area contributed by atoms with Crippen LogP contribution in [0, 0.1) is 10.1 Å². The van der Waals surface area contributed by atoms with Crippen molar-refractivity contribution in [1.82, 2.24) is 4.90 Å². The van der Waals surface area contributed by atoms with Crippen molar-refractivity contribution in [3.05, 3.63) is 33.9 Å². The van der Waals surface area contributed by atoms with E-state index in [0.29, 0.717) is 24.3 Å². The number of amides is 1. The van der Waals surface area contributed by atoms with Gasteiger partial charge in [-0.15, -0.1) is 0 Å². The average molecular weight is 307 g/mol. The van der Waals surface area contributed by atoms with Crippen LogP contribution < -0.4 is 4.90 Å². The second-order valence-corrected chi connectivity index (χ2v) is 5.82. The number of hydrogen-bond acceptors (Lipinski definition) is 5. The van der Waals surface area contributed by atoms with E-state index in [0.717, 1.165) is 0 Å². The lowest BCUT2D eigenvalue weighted by Gasteiger charge is -2.35. The van der Waals surface area contributed by atoms with Crippen molar-refractivity contribution in [2.75, 3.05) is 32.1 Å². The first-order chi connectivity index (χ1) is 10.3. The first-order valence-corrected chi connectivity index (χ1v) is 7.20. The van der Waals surface area contributed by atoms with E-state index in [-0.39, 0.29) is 23.8 Å². The van der Waals surface area contributed by atoms with Gasteiger partial charge in [0.1, 0.15) is 0 Å². The molecule has 7 heteroatoms. The van der Waals surface area contributed by atoms with Crippen LogP contribution in [0.25, 0.3) is 0 Å². The van der Waals surface area contributed by atoms with Crippen LogP contribution in [0.5, 0.6) is 0 Å². The number of nitrogens with zero attached hydrogens (tertiary/aromatic N) is 3. The number of ether oxygens (including phenoxy) is 1. The average Bonchev–Trinajstić information content (AvgIpc) is 2.44. The Hall–Kier alpha value is -2.15. The van der Waals surface area contributed by atoms with Crippen molar-refractivity contribution in [3.8, 4) is 0 Å². The molecule has 0 radical (unpaired) electrons. The van der Waals surface area contributed by atoms with E-state index in [1.807, 2.05) is 27.9 Å². The SMILES string of the molecule is CC1CN(C(=O)c2cc([N+](=O)[O-])ccc2N(C)C)CC(C)O1. The highest BCUT2D eigenvalue weighted by Crippen LogP contribution is 2.26. The van der Waals surface area contributed by atoms with Gasteiger partial charge >= 0.3 is 0 Å². The molecular weight excluding hydrogens is 286 g/mol. The minimum atomic E-state index is -0.485. The van der Waals surface area contributed by atoms with Crippen molar-refractivity contribution in [2.45, 2.75) is 26.1 Å². The summed E-state index contributed by atoms with van der Waals surface area (Å²) in [4.78, 5) is 26.8. The van der Waals surface area contributed by atoms with Gasteiger partial charge in [0.2, 0.25) is 0 Å². The van der Waals surface area contributed by atoms with Crippen LogP contribution in [0.4, 0.5) is 11.4 Å². The minimum Gasteiger partial charge on any atom is -0.377 e. The van der Waals surface area contributed by atoms with E-state index in [4.69, 9.17) is 4.74 Å². The molecule has 1 fully saturated rings. The standard InChI is InChI=1S/C15H21N3O4/c1-10-8-17(9-11(2)22-10)15(19)13-7-12(18(20)21)5-6-14(13)16(3)4/h5-7,10-11H,8-9H2,1-4H3. The van der Waals surface area contributed by atoms with E-state index in [1.165, 1.54) is 12.1 Å². The smallest absolute Gasteiger partial charge is 0.270 e. The van der Waals surface area contributed by atoms with Crippen molar-refractivity contribution in [2.24, 2.45) is 0 Å². The number of non-ortho nitro benzene ring substituents is 1. The third kappa shape index (κ3) is 3.36. The Bertz CT molecular complexity index is 578. The van der Waals surface area contributed by atoms with Gasteiger partial charge in [0.05, 0.1) is 22.7 Å². The number of carbonyl (C=O) groups is 1. The summed E-state index contributed by atoms with van der Waals surface area (Å²) in [7, 11) is 3.62. The number of nitro benzene ring substituents is 1. The number of nitro groups is 1. The highest BCUT2D eigenvalue weighted by Gasteiger charge is 2.29. The van der Waals surface area contributed by atoms with Crippen molar-refractivity contribution in [3.63, 3.8) is 0 Å². The number of benzene rings is 1. The van der Waals surface area contributed by atoms with Gasteiger partial charge in [-0.25, -0.2) is 0 Å². The molecule has 1 aliphatic rings. The van der Waals surface area contributed by atoms with E-state index < -0.39 is 4.92 Å². The van der Waals surface area contributed by atoms with Crippen LogP contribution in [0.3, 0.4) is 0 Å². The van der Waals surface area contributed by atoms with Crippen molar-refractivity contribution < 1.29 is 14.5 Å². The van der Waals surface area contributed by atoms with E-state index in [1.54, 1.807) is 15.9 Å². The molecule has 0 bridgehead atoms. The highest BCUT2D eigenvalue weighted by atomic mass is 16.6. The lowest BCUT2D eigenvalue weighted by atomic mass is 10.1. The molecule has 0 spiro atoms. The zero-order valence-electron chi connectivity index (χ0n) is 13.3. The summed E-state index contributed by atoms with van der Waals surface area (Å²) < 4.78 is 5.63. The summed E-state index contributed by atoms with van der Waals surface area (Å²) in [6.45, 7) is 4.80. The Morgan fingerprint density at radius 1 is 1.32 bits per heavy atom. The minimum absolute atomic E-state index is 0.0470. The number of carbonyl (C=O) groups excluding carboxylic acids is 1. The molecule has 1 amide bonds. The summed E-state index contributed by atoms with van der Waals surface area (Å²) in [5, 5.41) is 11.0.